The predicted molar refractivity (Wildman–Crippen MR) is 102 cm³/mol. The lowest BCUT2D eigenvalue weighted by molar-refractivity contribution is 0.0761. The second-order valence-corrected chi connectivity index (χ2v) is 6.61. The number of anilines is 1. The molecule has 1 heterocycles. The van der Waals surface area contributed by atoms with E-state index in [1.165, 1.54) is 0 Å². The van der Waals surface area contributed by atoms with Crippen LogP contribution in [0.4, 0.5) is 10.5 Å². The number of hydrogen-bond donors (Lipinski definition) is 1. The van der Waals surface area contributed by atoms with E-state index in [0.29, 0.717) is 42.6 Å². The highest BCUT2D eigenvalue weighted by molar-refractivity contribution is 5.67. The molecule has 1 aliphatic heterocycles. The van der Waals surface area contributed by atoms with Gasteiger partial charge in [-0.2, -0.15) is 5.26 Å². The van der Waals surface area contributed by atoms with Gasteiger partial charge in [-0.1, -0.05) is 36.4 Å². The van der Waals surface area contributed by atoms with Crippen LogP contribution in [0.25, 0.3) is 0 Å². The van der Waals surface area contributed by atoms with E-state index in [0.717, 1.165) is 18.4 Å². The lowest BCUT2D eigenvalue weighted by Gasteiger charge is -2.31. The molecule has 2 aromatic carbocycles. The summed E-state index contributed by atoms with van der Waals surface area (Å²) in [6.07, 6.45) is 1.40. The van der Waals surface area contributed by atoms with Gasteiger partial charge < -0.3 is 20.1 Å². The molecule has 0 aromatic heterocycles. The smallest absolute Gasteiger partial charge is 0.410 e. The number of piperidine rings is 1. The molecule has 2 N–H and O–H groups in total. The molecule has 0 spiro atoms. The fourth-order valence-electron chi connectivity index (χ4n) is 3.09. The van der Waals surface area contributed by atoms with Crippen molar-refractivity contribution in [2.24, 2.45) is 5.92 Å². The summed E-state index contributed by atoms with van der Waals surface area (Å²) in [5, 5.41) is 9.20. The number of hydrogen-bond acceptors (Lipinski definition) is 5. The van der Waals surface area contributed by atoms with E-state index in [-0.39, 0.29) is 12.7 Å². The fraction of sp³-hybridized carbons (Fsp3) is 0.333. The Morgan fingerprint density at radius 1 is 1.15 bits per heavy atom. The largest absolute Gasteiger partial charge is 0.492 e. The average molecular weight is 365 g/mol. The third-order valence-corrected chi connectivity index (χ3v) is 4.72. The maximum Gasteiger partial charge on any atom is 0.410 e. The van der Waals surface area contributed by atoms with Gasteiger partial charge in [-0.05, 0) is 36.5 Å². The summed E-state index contributed by atoms with van der Waals surface area (Å²) in [5.74, 6) is 0.846. The molecular weight excluding hydrogens is 342 g/mol. The minimum absolute atomic E-state index is 0.277. The van der Waals surface area contributed by atoms with Crippen LogP contribution >= 0.6 is 0 Å². The molecule has 6 nitrogen and oxygen atoms in total. The Kier molecular flexibility index (Phi) is 6.16. The first-order valence-corrected chi connectivity index (χ1v) is 9.04. The number of likely N-dealkylation sites (tertiary alicyclic amines) is 1. The Labute approximate surface area is 159 Å². The van der Waals surface area contributed by atoms with Gasteiger partial charge in [0, 0.05) is 13.1 Å². The van der Waals surface area contributed by atoms with Crippen LogP contribution in [0.1, 0.15) is 24.0 Å². The highest BCUT2D eigenvalue weighted by Crippen LogP contribution is 2.25. The second-order valence-electron chi connectivity index (χ2n) is 6.61. The van der Waals surface area contributed by atoms with Crippen molar-refractivity contribution in [1.82, 2.24) is 4.90 Å². The molecule has 27 heavy (non-hydrogen) atoms. The van der Waals surface area contributed by atoms with Gasteiger partial charge in [-0.25, -0.2) is 4.79 Å². The first kappa shape index (κ1) is 18.6. The molecule has 0 unspecified atom stereocenters. The lowest BCUT2D eigenvalue weighted by atomic mass is 9.98. The van der Waals surface area contributed by atoms with E-state index in [4.69, 9.17) is 15.2 Å². The summed E-state index contributed by atoms with van der Waals surface area (Å²) in [6.45, 7) is 2.08. The zero-order chi connectivity index (χ0) is 19.1. The van der Waals surface area contributed by atoms with Gasteiger partial charge >= 0.3 is 6.09 Å². The second kappa shape index (κ2) is 8.95. The minimum Gasteiger partial charge on any atom is -0.492 e. The molecule has 0 aliphatic carbocycles. The number of nitrogen functional groups attached to an aromatic ring is 1. The van der Waals surface area contributed by atoms with Gasteiger partial charge in [0.25, 0.3) is 0 Å². The monoisotopic (exact) mass is 365 g/mol. The maximum atomic E-state index is 12.2. The summed E-state index contributed by atoms with van der Waals surface area (Å²) in [6, 6.07) is 16.9. The van der Waals surface area contributed by atoms with Gasteiger partial charge in [-0.3, -0.25) is 0 Å². The van der Waals surface area contributed by atoms with E-state index < -0.39 is 0 Å². The van der Waals surface area contributed by atoms with Crippen molar-refractivity contribution in [1.29, 1.82) is 5.26 Å². The average Bonchev–Trinajstić information content (AvgIpc) is 2.71. The number of nitrogens with two attached hydrogens (primary N) is 1. The minimum atomic E-state index is -0.277. The summed E-state index contributed by atoms with van der Waals surface area (Å²) in [7, 11) is 0. The normalized spacial score (nSPS) is 14.4. The first-order chi connectivity index (χ1) is 13.2. The van der Waals surface area contributed by atoms with Crippen LogP contribution in [-0.2, 0) is 11.3 Å². The zero-order valence-electron chi connectivity index (χ0n) is 15.1. The number of carbonyl (C=O) groups excluding carboxylic acids is 1. The van der Waals surface area contributed by atoms with Gasteiger partial charge in [0.2, 0.25) is 0 Å². The van der Waals surface area contributed by atoms with Gasteiger partial charge in [0.05, 0.1) is 12.3 Å². The van der Waals surface area contributed by atoms with Crippen LogP contribution in [0.15, 0.2) is 48.5 Å². The molecule has 1 amide bonds. The Bertz CT molecular complexity index is 809. The molecule has 2 aromatic rings. The quantitative estimate of drug-likeness (QED) is 0.818. The molecule has 0 radical (unpaired) electrons. The van der Waals surface area contributed by atoms with E-state index in [2.05, 4.69) is 6.07 Å². The topological polar surface area (TPSA) is 88.6 Å². The van der Waals surface area contributed by atoms with Gasteiger partial charge in [0.1, 0.15) is 24.0 Å². The molecule has 0 saturated carbocycles. The molecule has 1 saturated heterocycles. The van der Waals surface area contributed by atoms with Crippen molar-refractivity contribution < 1.29 is 14.3 Å². The zero-order valence-corrected chi connectivity index (χ0v) is 15.1. The maximum absolute atomic E-state index is 12.2. The van der Waals surface area contributed by atoms with Crippen LogP contribution < -0.4 is 10.5 Å². The third kappa shape index (κ3) is 4.91. The number of rotatable bonds is 5. The van der Waals surface area contributed by atoms with E-state index >= 15 is 0 Å². The molecule has 0 atom stereocenters. The number of nitriles is 1. The standard InChI is InChI=1S/C21H23N3O3/c22-13-18-19(23)7-4-8-20(18)26-14-17-9-11-24(12-10-17)21(25)27-15-16-5-2-1-3-6-16/h1-8,17H,9-12,14-15,23H2. The Morgan fingerprint density at radius 3 is 2.59 bits per heavy atom. The summed E-state index contributed by atoms with van der Waals surface area (Å²) >= 11 is 0. The highest BCUT2D eigenvalue weighted by Gasteiger charge is 2.24. The van der Waals surface area contributed by atoms with Crippen LogP contribution in [0, 0.1) is 17.2 Å². The highest BCUT2D eigenvalue weighted by atomic mass is 16.6. The molecule has 6 heteroatoms. The Morgan fingerprint density at radius 2 is 1.89 bits per heavy atom. The fourth-order valence-corrected chi connectivity index (χ4v) is 3.09. The van der Waals surface area contributed by atoms with Crippen molar-refractivity contribution in [3.8, 4) is 11.8 Å². The summed E-state index contributed by atoms with van der Waals surface area (Å²) in [4.78, 5) is 13.9. The molecule has 0 bridgehead atoms. The molecule has 1 aliphatic rings. The number of carbonyl (C=O) groups is 1. The Hall–Kier alpha value is -3.20. The number of benzene rings is 2. The van der Waals surface area contributed by atoms with Crippen LogP contribution in [0.2, 0.25) is 0 Å². The summed E-state index contributed by atoms with van der Waals surface area (Å²) < 4.78 is 11.2. The Balaban J connectivity index is 1.43. The predicted octanol–water partition coefficient (Wildman–Crippen LogP) is 3.57. The van der Waals surface area contributed by atoms with Crippen molar-refractivity contribution in [3.05, 3.63) is 59.7 Å². The third-order valence-electron chi connectivity index (χ3n) is 4.72. The van der Waals surface area contributed by atoms with E-state index in [1.54, 1.807) is 23.1 Å². The molecular formula is C21H23N3O3. The lowest BCUT2D eigenvalue weighted by Crippen LogP contribution is -2.40. The van der Waals surface area contributed by atoms with Crippen LogP contribution in [0.3, 0.4) is 0 Å². The number of ether oxygens (including phenoxy) is 2. The summed E-state index contributed by atoms with van der Waals surface area (Å²) in [5.41, 5.74) is 7.58. The molecule has 3 rings (SSSR count). The van der Waals surface area contributed by atoms with Crippen molar-refractivity contribution in [2.75, 3.05) is 25.4 Å². The van der Waals surface area contributed by atoms with E-state index in [1.807, 2.05) is 30.3 Å². The SMILES string of the molecule is N#Cc1c(N)cccc1OCC1CCN(C(=O)OCc2ccccc2)CC1. The number of nitrogens with zero attached hydrogens (tertiary/aromatic N) is 2. The molecule has 140 valence electrons. The van der Waals surface area contributed by atoms with Crippen molar-refractivity contribution >= 4 is 11.8 Å². The first-order valence-electron chi connectivity index (χ1n) is 9.04. The van der Waals surface area contributed by atoms with Crippen LogP contribution in [-0.4, -0.2) is 30.7 Å². The molecule has 1 fully saturated rings. The van der Waals surface area contributed by atoms with Gasteiger partial charge in [-0.15, -0.1) is 0 Å². The van der Waals surface area contributed by atoms with Crippen molar-refractivity contribution in [2.45, 2.75) is 19.4 Å². The van der Waals surface area contributed by atoms with E-state index in [9.17, 15) is 10.1 Å². The van der Waals surface area contributed by atoms with Gasteiger partial charge in [0.15, 0.2) is 0 Å². The van der Waals surface area contributed by atoms with Crippen LogP contribution in [0.5, 0.6) is 5.75 Å². The van der Waals surface area contributed by atoms with Crippen molar-refractivity contribution in [3.63, 3.8) is 0 Å². The number of amides is 1.